The topological polar surface area (TPSA) is 71.7 Å². The van der Waals surface area contributed by atoms with Gasteiger partial charge < -0.3 is 14.2 Å². The molecule has 2 saturated heterocycles. The number of likely N-dealkylation sites (tertiary alicyclic amines) is 1. The molecule has 0 radical (unpaired) electrons. The molecule has 1 atom stereocenters. The lowest BCUT2D eigenvalue weighted by Gasteiger charge is -2.35. The number of aromatic nitrogens is 2. The fraction of sp³-hybridized carbons (Fsp3) is 0.812. The van der Waals surface area contributed by atoms with Gasteiger partial charge in [0.15, 0.2) is 5.82 Å². The normalized spacial score (nSPS) is 23.4. The van der Waals surface area contributed by atoms with Crippen molar-refractivity contribution in [3.05, 3.63) is 11.7 Å². The van der Waals surface area contributed by atoms with Gasteiger partial charge in [0, 0.05) is 25.6 Å². The minimum atomic E-state index is 0.0781. The van der Waals surface area contributed by atoms with Crippen LogP contribution >= 0.6 is 0 Å². The van der Waals surface area contributed by atoms with Gasteiger partial charge in [-0.1, -0.05) is 19.0 Å². The predicted molar refractivity (Wildman–Crippen MR) is 83.8 cm³/mol. The van der Waals surface area contributed by atoms with E-state index in [1.165, 1.54) is 0 Å². The van der Waals surface area contributed by atoms with E-state index < -0.39 is 0 Å². The van der Waals surface area contributed by atoms with Crippen molar-refractivity contribution in [1.82, 2.24) is 19.9 Å². The molecule has 23 heavy (non-hydrogen) atoms. The van der Waals surface area contributed by atoms with Crippen LogP contribution in [0.2, 0.25) is 0 Å². The van der Waals surface area contributed by atoms with E-state index in [1.807, 2.05) is 18.7 Å². The van der Waals surface area contributed by atoms with E-state index in [0.717, 1.165) is 44.8 Å². The van der Waals surface area contributed by atoms with Gasteiger partial charge in [0.1, 0.15) is 0 Å². The molecule has 7 heteroatoms. The van der Waals surface area contributed by atoms with Crippen LogP contribution in [0.15, 0.2) is 4.52 Å². The Bertz CT molecular complexity index is 525. The van der Waals surface area contributed by atoms with Crippen LogP contribution in [0.1, 0.15) is 44.3 Å². The molecule has 0 bridgehead atoms. The van der Waals surface area contributed by atoms with E-state index in [1.54, 1.807) is 0 Å². The molecule has 1 aromatic rings. The van der Waals surface area contributed by atoms with Crippen molar-refractivity contribution in [1.29, 1.82) is 0 Å². The van der Waals surface area contributed by atoms with Gasteiger partial charge in [0.05, 0.1) is 25.7 Å². The number of morpholine rings is 1. The third-order valence-corrected chi connectivity index (χ3v) is 4.54. The molecule has 1 amide bonds. The molecule has 2 aliphatic heterocycles. The molecule has 0 N–H and O–H groups in total. The number of carbonyl (C=O) groups is 1. The van der Waals surface area contributed by atoms with Crippen molar-refractivity contribution < 1.29 is 14.1 Å². The summed E-state index contributed by atoms with van der Waals surface area (Å²) in [7, 11) is 0. The molecule has 0 aromatic carbocycles. The van der Waals surface area contributed by atoms with Crippen LogP contribution < -0.4 is 0 Å². The van der Waals surface area contributed by atoms with Gasteiger partial charge in [-0.3, -0.25) is 9.69 Å². The van der Waals surface area contributed by atoms with E-state index in [4.69, 9.17) is 9.26 Å². The molecule has 2 aliphatic rings. The number of nitrogens with zero attached hydrogens (tertiary/aromatic N) is 4. The summed E-state index contributed by atoms with van der Waals surface area (Å²) in [6.07, 6.45) is 2.00. The third kappa shape index (κ3) is 4.09. The fourth-order valence-electron chi connectivity index (χ4n) is 3.20. The third-order valence-electron chi connectivity index (χ3n) is 4.54. The van der Waals surface area contributed by atoms with Gasteiger partial charge in [-0.25, -0.2) is 0 Å². The zero-order valence-corrected chi connectivity index (χ0v) is 14.0. The van der Waals surface area contributed by atoms with Gasteiger partial charge in [0.25, 0.3) is 0 Å². The Labute approximate surface area is 137 Å². The van der Waals surface area contributed by atoms with Crippen molar-refractivity contribution in [2.75, 3.05) is 39.4 Å². The van der Waals surface area contributed by atoms with E-state index in [2.05, 4.69) is 15.0 Å². The molecule has 128 valence electrons. The summed E-state index contributed by atoms with van der Waals surface area (Å²) in [6.45, 7) is 9.23. The van der Waals surface area contributed by atoms with Crippen LogP contribution in [0.4, 0.5) is 0 Å². The molecule has 0 saturated carbocycles. The standard InChI is InChI=1S/C16H26N4O3/c1-12(2)15-17-14(23-18-15)11-19-5-3-4-13(10-19)16(21)20-6-8-22-9-7-20/h12-13H,3-11H2,1-2H3/t13-/m0/s1. The first-order valence-electron chi connectivity index (χ1n) is 8.55. The summed E-state index contributed by atoms with van der Waals surface area (Å²) in [5, 5.41) is 4.01. The number of piperidine rings is 1. The first-order chi connectivity index (χ1) is 11.1. The summed E-state index contributed by atoms with van der Waals surface area (Å²) in [6, 6.07) is 0. The lowest BCUT2D eigenvalue weighted by molar-refractivity contribution is -0.141. The average Bonchev–Trinajstić information content (AvgIpc) is 3.04. The number of ether oxygens (including phenoxy) is 1. The molecular formula is C16H26N4O3. The Morgan fingerprint density at radius 1 is 1.30 bits per heavy atom. The van der Waals surface area contributed by atoms with Crippen molar-refractivity contribution in [2.24, 2.45) is 5.92 Å². The monoisotopic (exact) mass is 322 g/mol. The van der Waals surface area contributed by atoms with E-state index in [9.17, 15) is 4.79 Å². The van der Waals surface area contributed by atoms with Crippen LogP contribution in [0.3, 0.4) is 0 Å². The van der Waals surface area contributed by atoms with Gasteiger partial charge in [-0.05, 0) is 19.4 Å². The average molecular weight is 322 g/mol. The minimum absolute atomic E-state index is 0.0781. The maximum absolute atomic E-state index is 12.6. The lowest BCUT2D eigenvalue weighted by atomic mass is 9.96. The molecule has 0 unspecified atom stereocenters. The van der Waals surface area contributed by atoms with E-state index in [-0.39, 0.29) is 17.7 Å². The number of amides is 1. The predicted octanol–water partition coefficient (Wildman–Crippen LogP) is 1.26. The Kier molecular flexibility index (Phi) is 5.27. The Morgan fingerprint density at radius 3 is 2.78 bits per heavy atom. The molecule has 3 heterocycles. The lowest BCUT2D eigenvalue weighted by Crippen LogP contribution is -2.48. The SMILES string of the molecule is CC(C)c1noc(CN2CCC[C@H](C(=O)N3CCOCC3)C2)n1. The summed E-state index contributed by atoms with van der Waals surface area (Å²) >= 11 is 0. The molecule has 7 nitrogen and oxygen atoms in total. The number of hydrogen-bond donors (Lipinski definition) is 0. The summed E-state index contributed by atoms with van der Waals surface area (Å²) in [4.78, 5) is 21.3. The van der Waals surface area contributed by atoms with Crippen molar-refractivity contribution in [3.8, 4) is 0 Å². The van der Waals surface area contributed by atoms with Gasteiger partial charge in [-0.2, -0.15) is 4.98 Å². The van der Waals surface area contributed by atoms with Crippen molar-refractivity contribution >= 4 is 5.91 Å². The second-order valence-electron chi connectivity index (χ2n) is 6.71. The fourth-order valence-corrected chi connectivity index (χ4v) is 3.20. The second kappa shape index (κ2) is 7.40. The highest BCUT2D eigenvalue weighted by atomic mass is 16.5. The molecule has 3 rings (SSSR count). The summed E-state index contributed by atoms with van der Waals surface area (Å²) in [5.74, 6) is 2.01. The van der Waals surface area contributed by atoms with Crippen molar-refractivity contribution in [3.63, 3.8) is 0 Å². The largest absolute Gasteiger partial charge is 0.378 e. The minimum Gasteiger partial charge on any atom is -0.378 e. The van der Waals surface area contributed by atoms with E-state index in [0.29, 0.717) is 25.6 Å². The maximum atomic E-state index is 12.6. The quantitative estimate of drug-likeness (QED) is 0.831. The van der Waals surface area contributed by atoms with Crippen LogP contribution in [-0.4, -0.2) is 65.2 Å². The Hall–Kier alpha value is -1.47. The van der Waals surface area contributed by atoms with Gasteiger partial charge >= 0.3 is 0 Å². The van der Waals surface area contributed by atoms with Crippen LogP contribution in [0.25, 0.3) is 0 Å². The highest BCUT2D eigenvalue weighted by Crippen LogP contribution is 2.21. The summed E-state index contributed by atoms with van der Waals surface area (Å²) < 4.78 is 10.7. The van der Waals surface area contributed by atoms with Crippen LogP contribution in [0, 0.1) is 5.92 Å². The molecular weight excluding hydrogens is 296 g/mol. The first kappa shape index (κ1) is 16.4. The highest BCUT2D eigenvalue weighted by molar-refractivity contribution is 5.79. The highest BCUT2D eigenvalue weighted by Gasteiger charge is 2.30. The van der Waals surface area contributed by atoms with Crippen molar-refractivity contribution in [2.45, 2.75) is 39.2 Å². The zero-order chi connectivity index (χ0) is 16.2. The van der Waals surface area contributed by atoms with Crippen LogP contribution in [0.5, 0.6) is 0 Å². The molecule has 2 fully saturated rings. The van der Waals surface area contributed by atoms with E-state index >= 15 is 0 Å². The van der Waals surface area contributed by atoms with Gasteiger partial charge in [0.2, 0.25) is 11.8 Å². The molecule has 1 aromatic heterocycles. The van der Waals surface area contributed by atoms with Crippen LogP contribution in [-0.2, 0) is 16.1 Å². The number of carbonyl (C=O) groups excluding carboxylic acids is 1. The summed E-state index contributed by atoms with van der Waals surface area (Å²) in [5.41, 5.74) is 0. The first-order valence-corrected chi connectivity index (χ1v) is 8.55. The molecule has 0 aliphatic carbocycles. The van der Waals surface area contributed by atoms with Gasteiger partial charge in [-0.15, -0.1) is 0 Å². The number of rotatable bonds is 4. The Morgan fingerprint density at radius 2 is 2.09 bits per heavy atom. The molecule has 0 spiro atoms. The maximum Gasteiger partial charge on any atom is 0.240 e. The second-order valence-corrected chi connectivity index (χ2v) is 6.71. The zero-order valence-electron chi connectivity index (χ0n) is 14.0. The smallest absolute Gasteiger partial charge is 0.240 e. The number of hydrogen-bond acceptors (Lipinski definition) is 6. The Balaban J connectivity index is 1.55.